The van der Waals surface area contributed by atoms with E-state index in [4.69, 9.17) is 0 Å². The van der Waals surface area contributed by atoms with Gasteiger partial charge in [-0.3, -0.25) is 0 Å². The molecule has 0 amide bonds. The lowest BCUT2D eigenvalue weighted by Gasteiger charge is -1.86. The molecule has 11 heavy (non-hydrogen) atoms. The van der Waals surface area contributed by atoms with Gasteiger partial charge in [0.1, 0.15) is 18.8 Å². The average Bonchev–Trinajstić information content (AvgIpc) is 2.28. The average molecular weight is 157 g/mol. The molecule has 1 aromatic rings. The van der Waals surface area contributed by atoms with Crippen LogP contribution in [-0.2, 0) is 13.6 Å². The van der Waals surface area contributed by atoms with Crippen molar-refractivity contribution in [1.29, 1.82) is 0 Å². The molecule has 5 nitrogen and oxygen atoms in total. The molecule has 0 saturated heterocycles. The Labute approximate surface area is 64.6 Å². The molecule has 5 heteroatoms. The molecule has 0 fully saturated rings. The highest BCUT2D eigenvalue weighted by molar-refractivity contribution is 4.40. The number of hydrogen-bond acceptors (Lipinski definition) is 2. The Bertz CT molecular complexity index is 274. The number of H-pyrrole nitrogens is 1. The van der Waals surface area contributed by atoms with Gasteiger partial charge < -0.3 is 0 Å². The second-order valence-corrected chi connectivity index (χ2v) is 2.51. The Morgan fingerprint density at radius 3 is 2.91 bits per heavy atom. The van der Waals surface area contributed by atoms with Gasteiger partial charge in [-0.25, -0.2) is 4.79 Å². The SMILES string of the molecule is CCCC[n+]1nn(C)c(=O)[nH]1. The van der Waals surface area contributed by atoms with E-state index >= 15 is 0 Å². The fourth-order valence-corrected chi connectivity index (χ4v) is 0.816. The number of hydrogen-bond donors (Lipinski definition) is 1. The molecule has 0 spiro atoms. The van der Waals surface area contributed by atoms with Crippen LogP contribution in [0.3, 0.4) is 0 Å². The fourth-order valence-electron chi connectivity index (χ4n) is 0.816. The fraction of sp³-hybridized carbons (Fsp3) is 0.833. The van der Waals surface area contributed by atoms with Crippen LogP contribution in [0.25, 0.3) is 0 Å². The summed E-state index contributed by atoms with van der Waals surface area (Å²) >= 11 is 0. The zero-order valence-corrected chi connectivity index (χ0v) is 6.87. The summed E-state index contributed by atoms with van der Waals surface area (Å²) in [5.74, 6) is 0. The second-order valence-electron chi connectivity index (χ2n) is 2.51. The third kappa shape index (κ3) is 1.89. The topological polar surface area (TPSA) is 54.6 Å². The summed E-state index contributed by atoms with van der Waals surface area (Å²) in [5.41, 5.74) is -0.166. The minimum Gasteiger partial charge on any atom is -0.215 e. The van der Waals surface area contributed by atoms with E-state index in [1.807, 2.05) is 0 Å². The molecule has 0 unspecified atom stereocenters. The van der Waals surface area contributed by atoms with Crippen LogP contribution in [0.2, 0.25) is 0 Å². The highest BCUT2D eigenvalue weighted by atomic mass is 16.2. The second kappa shape index (κ2) is 3.32. The van der Waals surface area contributed by atoms with Crippen molar-refractivity contribution >= 4 is 0 Å². The summed E-state index contributed by atoms with van der Waals surface area (Å²) in [6.45, 7) is 2.88. The summed E-state index contributed by atoms with van der Waals surface area (Å²) < 4.78 is 1.29. The lowest BCUT2D eigenvalue weighted by atomic mass is 10.3. The van der Waals surface area contributed by atoms with Crippen LogP contribution in [0.5, 0.6) is 0 Å². The molecule has 62 valence electrons. The molecular formula is C6H13N4O+. The molecule has 0 aliphatic heterocycles. The highest BCUT2D eigenvalue weighted by Gasteiger charge is 2.05. The van der Waals surface area contributed by atoms with Crippen LogP contribution in [0, 0.1) is 0 Å². The zero-order chi connectivity index (χ0) is 8.27. The van der Waals surface area contributed by atoms with Crippen molar-refractivity contribution in [3.63, 3.8) is 0 Å². The van der Waals surface area contributed by atoms with E-state index in [-0.39, 0.29) is 5.69 Å². The van der Waals surface area contributed by atoms with Crippen LogP contribution in [0.15, 0.2) is 4.79 Å². The Balaban J connectivity index is 2.65. The summed E-state index contributed by atoms with van der Waals surface area (Å²) in [5, 5.41) is 6.51. The predicted octanol–water partition coefficient (Wildman–Crippen LogP) is -0.804. The minimum absolute atomic E-state index is 0.166. The zero-order valence-electron chi connectivity index (χ0n) is 6.87. The van der Waals surface area contributed by atoms with Crippen molar-refractivity contribution in [2.24, 2.45) is 7.05 Å². The number of aromatic nitrogens is 4. The predicted molar refractivity (Wildman–Crippen MR) is 38.9 cm³/mol. The maximum Gasteiger partial charge on any atom is 0.465 e. The summed E-state index contributed by atoms with van der Waals surface area (Å²) in [6.07, 6.45) is 2.14. The van der Waals surface area contributed by atoms with Gasteiger partial charge in [-0.1, -0.05) is 22.8 Å². The molecule has 0 saturated carbocycles. The standard InChI is InChI=1S/C6H12N4O/c1-3-4-5-10-7-6(11)9(2)8-10/h3-5H2,1-2H3/p+1. The number of unbranched alkanes of at least 4 members (excludes halogenated alkanes) is 1. The number of nitrogens with zero attached hydrogens (tertiary/aromatic N) is 3. The van der Waals surface area contributed by atoms with Gasteiger partial charge in [-0.15, -0.1) is 5.10 Å². The normalized spacial score (nSPS) is 10.4. The molecular weight excluding hydrogens is 144 g/mol. The maximum absolute atomic E-state index is 10.8. The van der Waals surface area contributed by atoms with Gasteiger partial charge in [0.15, 0.2) is 0 Å². The van der Waals surface area contributed by atoms with Crippen molar-refractivity contribution in [1.82, 2.24) is 15.0 Å². The molecule has 0 radical (unpaired) electrons. The molecule has 0 aliphatic carbocycles. The van der Waals surface area contributed by atoms with Crippen molar-refractivity contribution < 1.29 is 4.80 Å². The summed E-state index contributed by atoms with van der Waals surface area (Å²) in [7, 11) is 1.63. The quantitative estimate of drug-likeness (QED) is 0.584. The number of aromatic amines is 1. The van der Waals surface area contributed by atoms with Crippen LogP contribution in [0.4, 0.5) is 0 Å². The number of nitrogens with one attached hydrogen (secondary N) is 1. The first-order valence-corrected chi connectivity index (χ1v) is 3.77. The first-order valence-electron chi connectivity index (χ1n) is 3.77. The lowest BCUT2D eigenvalue weighted by molar-refractivity contribution is -0.807. The van der Waals surface area contributed by atoms with Gasteiger partial charge in [-0.2, -0.15) is 0 Å². The number of aryl methyl sites for hydroxylation is 2. The van der Waals surface area contributed by atoms with E-state index in [9.17, 15) is 4.79 Å². The third-order valence-corrected chi connectivity index (χ3v) is 1.48. The summed E-state index contributed by atoms with van der Waals surface area (Å²) in [4.78, 5) is 12.4. The van der Waals surface area contributed by atoms with Gasteiger partial charge in [0.2, 0.25) is 0 Å². The Hall–Kier alpha value is -1.13. The Kier molecular flexibility index (Phi) is 2.40. The molecule has 1 N–H and O–H groups in total. The largest absolute Gasteiger partial charge is 0.465 e. The van der Waals surface area contributed by atoms with Gasteiger partial charge >= 0.3 is 5.69 Å². The molecule has 1 heterocycles. The van der Waals surface area contributed by atoms with E-state index in [0.29, 0.717) is 0 Å². The van der Waals surface area contributed by atoms with E-state index in [2.05, 4.69) is 17.2 Å². The Morgan fingerprint density at radius 1 is 1.73 bits per heavy atom. The number of tetrazole rings is 1. The third-order valence-electron chi connectivity index (χ3n) is 1.48. The van der Waals surface area contributed by atoms with Gasteiger partial charge in [0.25, 0.3) is 0 Å². The van der Waals surface area contributed by atoms with Gasteiger partial charge in [-0.05, 0) is 6.42 Å². The molecule has 1 aromatic heterocycles. The first kappa shape index (κ1) is 7.97. The van der Waals surface area contributed by atoms with E-state index in [0.717, 1.165) is 19.4 Å². The van der Waals surface area contributed by atoms with Gasteiger partial charge in [0, 0.05) is 0 Å². The molecule has 0 bridgehead atoms. The van der Waals surface area contributed by atoms with Crippen molar-refractivity contribution in [2.45, 2.75) is 26.3 Å². The van der Waals surface area contributed by atoms with Crippen molar-refractivity contribution in [3.8, 4) is 0 Å². The molecule has 0 atom stereocenters. The lowest BCUT2D eigenvalue weighted by Crippen LogP contribution is -2.40. The molecule has 0 aliphatic rings. The first-order chi connectivity index (χ1) is 5.24. The maximum atomic E-state index is 10.8. The minimum atomic E-state index is -0.166. The summed E-state index contributed by atoms with van der Waals surface area (Å²) in [6, 6.07) is 0. The van der Waals surface area contributed by atoms with Crippen LogP contribution < -0.4 is 10.5 Å². The number of rotatable bonds is 3. The Morgan fingerprint density at radius 2 is 2.45 bits per heavy atom. The van der Waals surface area contributed by atoms with Crippen molar-refractivity contribution in [2.75, 3.05) is 0 Å². The van der Waals surface area contributed by atoms with E-state index < -0.39 is 0 Å². The van der Waals surface area contributed by atoms with Crippen LogP contribution in [-0.4, -0.2) is 15.0 Å². The van der Waals surface area contributed by atoms with E-state index in [1.165, 1.54) is 4.68 Å². The van der Waals surface area contributed by atoms with Crippen LogP contribution in [0.1, 0.15) is 19.8 Å². The molecule has 1 rings (SSSR count). The van der Waals surface area contributed by atoms with E-state index in [1.54, 1.807) is 11.8 Å². The monoisotopic (exact) mass is 157 g/mol. The smallest absolute Gasteiger partial charge is 0.215 e. The van der Waals surface area contributed by atoms with Crippen LogP contribution >= 0.6 is 0 Å². The molecule has 0 aromatic carbocycles. The van der Waals surface area contributed by atoms with Crippen molar-refractivity contribution in [3.05, 3.63) is 10.5 Å². The van der Waals surface area contributed by atoms with Gasteiger partial charge in [0.05, 0.1) is 0 Å². The highest BCUT2D eigenvalue weighted by Crippen LogP contribution is 1.81.